The van der Waals surface area contributed by atoms with Gasteiger partial charge in [-0.3, -0.25) is 0 Å². The first kappa shape index (κ1) is 13.1. The average molecular weight is 261 g/mol. The Morgan fingerprint density at radius 2 is 1.53 bits per heavy atom. The molecule has 2 heteroatoms. The molecular weight excluding hydrogens is 237 g/mol. The van der Waals surface area contributed by atoms with Gasteiger partial charge in [0.2, 0.25) is 0 Å². The van der Waals surface area contributed by atoms with Crippen LogP contribution in [0.25, 0.3) is 0 Å². The molecule has 1 nitrogen and oxygen atoms in total. The summed E-state index contributed by atoms with van der Waals surface area (Å²) in [7, 11) is 0. The molecule has 1 aromatic rings. The van der Waals surface area contributed by atoms with Crippen LogP contribution in [0.3, 0.4) is 0 Å². The number of halogens is 1. The quantitative estimate of drug-likeness (QED) is 0.850. The topological polar surface area (TPSA) is 26.0 Å². The minimum atomic E-state index is -0.153. The lowest BCUT2D eigenvalue weighted by atomic mass is 9.48. The molecule has 104 valence electrons. The van der Waals surface area contributed by atoms with E-state index < -0.39 is 0 Å². The highest BCUT2D eigenvalue weighted by Crippen LogP contribution is 2.60. The van der Waals surface area contributed by atoms with Crippen molar-refractivity contribution in [3.8, 4) is 0 Å². The molecule has 2 aliphatic carbocycles. The van der Waals surface area contributed by atoms with Gasteiger partial charge in [0.25, 0.3) is 0 Å². The Bertz CT molecular complexity index is 421. The van der Waals surface area contributed by atoms with Gasteiger partial charge in [0.15, 0.2) is 0 Å². The maximum Gasteiger partial charge on any atom is 0.123 e. The predicted molar refractivity (Wildman–Crippen MR) is 76.5 cm³/mol. The number of hydrogen-bond donors (Lipinski definition) is 1. The van der Waals surface area contributed by atoms with Crippen molar-refractivity contribution in [1.29, 1.82) is 0 Å². The van der Waals surface area contributed by atoms with Crippen LogP contribution >= 0.6 is 0 Å². The van der Waals surface area contributed by atoms with Gasteiger partial charge in [0.1, 0.15) is 5.82 Å². The molecule has 0 atom stereocenters. The second-order valence-electron chi connectivity index (χ2n) is 6.76. The lowest BCUT2D eigenvalue weighted by Crippen LogP contribution is -2.53. The summed E-state index contributed by atoms with van der Waals surface area (Å²) < 4.78 is 13.1. The average Bonchev–Trinajstić information content (AvgIpc) is 2.63. The van der Waals surface area contributed by atoms with Crippen molar-refractivity contribution >= 4 is 0 Å². The second kappa shape index (κ2) is 4.90. The molecule has 2 N–H and O–H groups in total. The molecule has 19 heavy (non-hydrogen) atoms. The molecule has 0 amide bonds. The Hall–Kier alpha value is -0.890. The molecule has 2 aliphatic rings. The Morgan fingerprint density at radius 1 is 0.947 bits per heavy atom. The van der Waals surface area contributed by atoms with Crippen LogP contribution in [0.5, 0.6) is 0 Å². The lowest BCUT2D eigenvalue weighted by molar-refractivity contribution is 0.0112. The van der Waals surface area contributed by atoms with Crippen LogP contribution in [0.2, 0.25) is 0 Å². The SMILES string of the molecule is NCC1(c2ccc(F)cc2)CC2(CCCCCC2)C1. The van der Waals surface area contributed by atoms with Crippen molar-refractivity contribution in [2.45, 2.75) is 56.8 Å². The van der Waals surface area contributed by atoms with E-state index in [1.807, 2.05) is 12.1 Å². The van der Waals surface area contributed by atoms with Crippen LogP contribution in [0, 0.1) is 11.2 Å². The summed E-state index contributed by atoms with van der Waals surface area (Å²) in [6.07, 6.45) is 10.7. The van der Waals surface area contributed by atoms with Gasteiger partial charge in [-0.05, 0) is 48.8 Å². The molecule has 0 saturated heterocycles. The van der Waals surface area contributed by atoms with E-state index in [2.05, 4.69) is 0 Å². The summed E-state index contributed by atoms with van der Waals surface area (Å²) in [5, 5.41) is 0. The van der Waals surface area contributed by atoms with Crippen LogP contribution in [0.4, 0.5) is 4.39 Å². The Labute approximate surface area is 115 Å². The Balaban J connectivity index is 1.78. The van der Waals surface area contributed by atoms with Gasteiger partial charge in [-0.2, -0.15) is 0 Å². The zero-order valence-corrected chi connectivity index (χ0v) is 11.6. The minimum absolute atomic E-state index is 0.123. The van der Waals surface area contributed by atoms with Gasteiger partial charge in [-0.25, -0.2) is 4.39 Å². The summed E-state index contributed by atoms with van der Waals surface area (Å²) >= 11 is 0. The van der Waals surface area contributed by atoms with E-state index in [-0.39, 0.29) is 11.2 Å². The van der Waals surface area contributed by atoms with Gasteiger partial charge in [-0.1, -0.05) is 37.8 Å². The largest absolute Gasteiger partial charge is 0.330 e. The van der Waals surface area contributed by atoms with Gasteiger partial charge in [0.05, 0.1) is 0 Å². The summed E-state index contributed by atoms with van der Waals surface area (Å²) in [6, 6.07) is 7.02. The zero-order valence-electron chi connectivity index (χ0n) is 11.6. The first-order chi connectivity index (χ1) is 9.18. The first-order valence-electron chi connectivity index (χ1n) is 7.64. The van der Waals surface area contributed by atoms with Crippen LogP contribution < -0.4 is 5.73 Å². The van der Waals surface area contributed by atoms with Crippen LogP contribution in [-0.4, -0.2) is 6.54 Å². The zero-order chi connectivity index (χ0) is 13.3. The molecule has 0 aliphatic heterocycles. The third-order valence-electron chi connectivity index (χ3n) is 5.44. The Kier molecular flexibility index (Phi) is 3.38. The number of rotatable bonds is 2. The van der Waals surface area contributed by atoms with E-state index in [9.17, 15) is 4.39 Å². The third kappa shape index (κ3) is 2.31. The van der Waals surface area contributed by atoms with E-state index in [1.165, 1.54) is 56.9 Å². The maximum atomic E-state index is 13.1. The summed E-state index contributed by atoms with van der Waals surface area (Å²) in [5.74, 6) is -0.153. The fourth-order valence-corrected chi connectivity index (χ4v) is 4.49. The number of benzene rings is 1. The Morgan fingerprint density at radius 3 is 2.05 bits per heavy atom. The van der Waals surface area contributed by atoms with E-state index in [1.54, 1.807) is 12.1 Å². The van der Waals surface area contributed by atoms with Crippen molar-refractivity contribution in [2.24, 2.45) is 11.1 Å². The highest BCUT2D eigenvalue weighted by atomic mass is 19.1. The maximum absolute atomic E-state index is 13.1. The van der Waals surface area contributed by atoms with E-state index in [0.717, 1.165) is 0 Å². The molecule has 0 bridgehead atoms. The normalized spacial score (nSPS) is 24.7. The second-order valence-corrected chi connectivity index (χ2v) is 6.76. The van der Waals surface area contributed by atoms with E-state index >= 15 is 0 Å². The van der Waals surface area contributed by atoms with Crippen molar-refractivity contribution < 1.29 is 4.39 Å². The van der Waals surface area contributed by atoms with E-state index in [4.69, 9.17) is 5.73 Å². The summed E-state index contributed by atoms with van der Waals surface area (Å²) in [5.41, 5.74) is 7.99. The molecule has 0 aromatic heterocycles. The van der Waals surface area contributed by atoms with Gasteiger partial charge >= 0.3 is 0 Å². The molecule has 0 radical (unpaired) electrons. The molecular formula is C17H24FN. The van der Waals surface area contributed by atoms with Gasteiger partial charge in [-0.15, -0.1) is 0 Å². The van der Waals surface area contributed by atoms with Crippen LogP contribution in [0.1, 0.15) is 56.9 Å². The standard InChI is InChI=1S/C17H24FN/c18-15-7-5-14(6-8-15)17(13-19)11-16(12-17)9-3-1-2-4-10-16/h5-8H,1-4,9-13,19H2. The summed E-state index contributed by atoms with van der Waals surface area (Å²) in [6.45, 7) is 0.695. The van der Waals surface area contributed by atoms with Crippen molar-refractivity contribution in [1.82, 2.24) is 0 Å². The molecule has 2 saturated carbocycles. The molecule has 1 aromatic carbocycles. The van der Waals surface area contributed by atoms with Crippen molar-refractivity contribution in [3.63, 3.8) is 0 Å². The highest BCUT2D eigenvalue weighted by Gasteiger charge is 2.53. The van der Waals surface area contributed by atoms with Gasteiger partial charge < -0.3 is 5.73 Å². The third-order valence-corrected chi connectivity index (χ3v) is 5.44. The minimum Gasteiger partial charge on any atom is -0.330 e. The molecule has 0 heterocycles. The fourth-order valence-electron chi connectivity index (χ4n) is 4.49. The summed E-state index contributed by atoms with van der Waals surface area (Å²) in [4.78, 5) is 0. The predicted octanol–water partition coefficient (Wildman–Crippen LogP) is 4.16. The molecule has 3 rings (SSSR count). The smallest absolute Gasteiger partial charge is 0.123 e. The van der Waals surface area contributed by atoms with Gasteiger partial charge in [0, 0.05) is 12.0 Å². The monoisotopic (exact) mass is 261 g/mol. The first-order valence-corrected chi connectivity index (χ1v) is 7.64. The number of hydrogen-bond acceptors (Lipinski definition) is 1. The molecule has 2 fully saturated rings. The lowest BCUT2D eigenvalue weighted by Gasteiger charge is -2.57. The van der Waals surface area contributed by atoms with Crippen LogP contribution in [-0.2, 0) is 5.41 Å². The van der Waals surface area contributed by atoms with Crippen molar-refractivity contribution in [3.05, 3.63) is 35.6 Å². The molecule has 1 spiro atoms. The fraction of sp³-hybridized carbons (Fsp3) is 0.647. The van der Waals surface area contributed by atoms with Crippen molar-refractivity contribution in [2.75, 3.05) is 6.54 Å². The highest BCUT2D eigenvalue weighted by molar-refractivity contribution is 5.31. The molecule has 0 unspecified atom stereocenters. The van der Waals surface area contributed by atoms with E-state index in [0.29, 0.717) is 12.0 Å². The van der Waals surface area contributed by atoms with Crippen LogP contribution in [0.15, 0.2) is 24.3 Å². The number of nitrogens with two attached hydrogens (primary N) is 1.